The first-order chi connectivity index (χ1) is 9.34. The maximum atomic E-state index is 12.1. The lowest BCUT2D eigenvalue weighted by molar-refractivity contribution is 0.503. The van der Waals surface area contributed by atoms with E-state index in [2.05, 4.69) is 6.92 Å². The van der Waals surface area contributed by atoms with Gasteiger partial charge in [-0.2, -0.15) is 0 Å². The molecule has 0 N–H and O–H groups in total. The second kappa shape index (κ2) is 11.9. The van der Waals surface area contributed by atoms with E-state index >= 15 is 0 Å². The molecule has 0 amide bonds. The smallest absolute Gasteiger partial charge is 0.0348 e. The lowest BCUT2D eigenvalue weighted by atomic mass is 10.0. The van der Waals surface area contributed by atoms with Crippen molar-refractivity contribution in [3.05, 3.63) is 0 Å². The van der Waals surface area contributed by atoms with Gasteiger partial charge in [-0.1, -0.05) is 77.6 Å². The summed E-state index contributed by atoms with van der Waals surface area (Å²) in [6, 6.07) is 0. The fourth-order valence-electron chi connectivity index (χ4n) is 3.05. The lowest BCUT2D eigenvalue weighted by Crippen LogP contribution is -2.20. The highest BCUT2D eigenvalue weighted by Gasteiger charge is 2.18. The summed E-state index contributed by atoms with van der Waals surface area (Å²) in [5.41, 5.74) is 0. The Kier molecular flexibility index (Phi) is 10.8. The maximum absolute atomic E-state index is 12.1. The van der Waals surface area contributed by atoms with Crippen molar-refractivity contribution in [1.82, 2.24) is 0 Å². The second-order valence-corrected chi connectivity index (χ2v) is 8.01. The van der Waals surface area contributed by atoms with E-state index in [9.17, 15) is 4.21 Å². The van der Waals surface area contributed by atoms with Crippen LogP contribution in [0.1, 0.15) is 96.8 Å². The highest BCUT2D eigenvalue weighted by Crippen LogP contribution is 2.22. The summed E-state index contributed by atoms with van der Waals surface area (Å²) in [6.07, 6.45) is 18.7. The largest absolute Gasteiger partial charge is 0.259 e. The third kappa shape index (κ3) is 8.83. The van der Waals surface area contributed by atoms with Gasteiger partial charge >= 0.3 is 0 Å². The summed E-state index contributed by atoms with van der Waals surface area (Å²) in [5.74, 6) is 0.973. The summed E-state index contributed by atoms with van der Waals surface area (Å²) < 4.78 is 12.1. The zero-order valence-electron chi connectivity index (χ0n) is 13.0. The van der Waals surface area contributed by atoms with Crippen LogP contribution in [0.25, 0.3) is 0 Å². The van der Waals surface area contributed by atoms with Gasteiger partial charge in [0, 0.05) is 21.8 Å². The Hall–Kier alpha value is 0.150. The molecule has 1 fully saturated rings. The highest BCUT2D eigenvalue weighted by molar-refractivity contribution is 7.85. The van der Waals surface area contributed by atoms with E-state index < -0.39 is 10.8 Å². The Bertz CT molecular complexity index is 221. The molecule has 114 valence electrons. The summed E-state index contributed by atoms with van der Waals surface area (Å²) in [4.78, 5) is 0. The molecule has 0 radical (unpaired) electrons. The van der Waals surface area contributed by atoms with E-state index in [0.29, 0.717) is 5.25 Å². The van der Waals surface area contributed by atoms with Crippen LogP contribution in [-0.2, 0) is 10.8 Å². The molecule has 1 saturated carbocycles. The van der Waals surface area contributed by atoms with Crippen LogP contribution in [0.2, 0.25) is 0 Å². The molecule has 0 aliphatic heterocycles. The van der Waals surface area contributed by atoms with Gasteiger partial charge in [-0.05, 0) is 19.3 Å². The Morgan fingerprint density at radius 1 is 0.789 bits per heavy atom. The average molecular weight is 287 g/mol. The number of unbranched alkanes of at least 4 members (excludes halogenated alkanes) is 8. The first-order valence-electron chi connectivity index (χ1n) is 8.71. The van der Waals surface area contributed by atoms with E-state index in [1.54, 1.807) is 0 Å². The van der Waals surface area contributed by atoms with E-state index in [1.807, 2.05) is 0 Å². The van der Waals surface area contributed by atoms with Crippen LogP contribution in [-0.4, -0.2) is 15.2 Å². The predicted octanol–water partition coefficient (Wildman–Crippen LogP) is 5.60. The fourth-order valence-corrected chi connectivity index (χ4v) is 4.73. The van der Waals surface area contributed by atoms with E-state index in [0.717, 1.165) is 5.75 Å². The van der Waals surface area contributed by atoms with Gasteiger partial charge in [-0.25, -0.2) is 0 Å². The minimum atomic E-state index is -0.518. The van der Waals surface area contributed by atoms with Crippen LogP contribution in [0.4, 0.5) is 0 Å². The minimum Gasteiger partial charge on any atom is -0.259 e. The van der Waals surface area contributed by atoms with Gasteiger partial charge < -0.3 is 0 Å². The molecule has 0 spiro atoms. The van der Waals surface area contributed by atoms with Crippen molar-refractivity contribution in [2.24, 2.45) is 0 Å². The van der Waals surface area contributed by atoms with Crippen LogP contribution in [0.5, 0.6) is 0 Å². The van der Waals surface area contributed by atoms with Crippen molar-refractivity contribution in [2.45, 2.75) is 102 Å². The van der Waals surface area contributed by atoms with Crippen LogP contribution in [0.15, 0.2) is 0 Å². The third-order valence-corrected chi connectivity index (χ3v) is 6.28. The van der Waals surface area contributed by atoms with Gasteiger partial charge in [0.1, 0.15) is 0 Å². The van der Waals surface area contributed by atoms with Crippen LogP contribution in [0.3, 0.4) is 0 Å². The highest BCUT2D eigenvalue weighted by atomic mass is 32.2. The Labute approximate surface area is 123 Å². The minimum absolute atomic E-state index is 0.518. The summed E-state index contributed by atoms with van der Waals surface area (Å²) in [6.45, 7) is 2.27. The van der Waals surface area contributed by atoms with Gasteiger partial charge in [0.05, 0.1) is 0 Å². The van der Waals surface area contributed by atoms with E-state index in [-0.39, 0.29) is 0 Å². The topological polar surface area (TPSA) is 17.1 Å². The number of hydrogen-bond donors (Lipinski definition) is 0. The Morgan fingerprint density at radius 2 is 1.32 bits per heavy atom. The van der Waals surface area contributed by atoms with Crippen molar-refractivity contribution < 1.29 is 4.21 Å². The van der Waals surface area contributed by atoms with Gasteiger partial charge in [0.25, 0.3) is 0 Å². The molecule has 0 aromatic heterocycles. The summed E-state index contributed by atoms with van der Waals surface area (Å²) >= 11 is 0. The van der Waals surface area contributed by atoms with Gasteiger partial charge in [0.15, 0.2) is 0 Å². The first-order valence-corrected chi connectivity index (χ1v) is 10.1. The normalized spacial score (nSPS) is 18.6. The predicted molar refractivity (Wildman–Crippen MR) is 87.1 cm³/mol. The molecule has 1 atom stereocenters. The van der Waals surface area contributed by atoms with Gasteiger partial charge in [-0.3, -0.25) is 4.21 Å². The molecule has 0 bridgehead atoms. The zero-order valence-corrected chi connectivity index (χ0v) is 13.8. The van der Waals surface area contributed by atoms with Crippen molar-refractivity contribution in [1.29, 1.82) is 0 Å². The van der Waals surface area contributed by atoms with Crippen LogP contribution in [0, 0.1) is 0 Å². The third-order valence-electron chi connectivity index (χ3n) is 4.37. The molecule has 1 unspecified atom stereocenters. The summed E-state index contributed by atoms with van der Waals surface area (Å²) in [7, 11) is -0.518. The average Bonchev–Trinajstić information content (AvgIpc) is 2.46. The molecule has 19 heavy (non-hydrogen) atoms. The lowest BCUT2D eigenvalue weighted by Gasteiger charge is -2.20. The van der Waals surface area contributed by atoms with E-state index in [1.165, 1.54) is 89.9 Å². The van der Waals surface area contributed by atoms with Gasteiger partial charge in [-0.15, -0.1) is 0 Å². The monoisotopic (exact) mass is 286 g/mol. The quantitative estimate of drug-likeness (QED) is 0.452. The molecular weight excluding hydrogens is 252 g/mol. The fraction of sp³-hybridized carbons (Fsp3) is 1.00. The van der Waals surface area contributed by atoms with Gasteiger partial charge in [0.2, 0.25) is 0 Å². The molecule has 1 rings (SSSR count). The molecular formula is C17H34OS. The zero-order chi connectivity index (χ0) is 13.8. The molecule has 0 saturated heterocycles. The number of hydrogen-bond acceptors (Lipinski definition) is 1. The molecule has 1 aliphatic carbocycles. The number of rotatable bonds is 11. The van der Waals surface area contributed by atoms with Crippen molar-refractivity contribution in [3.63, 3.8) is 0 Å². The summed E-state index contributed by atoms with van der Waals surface area (Å²) in [5, 5.41) is 0.544. The molecule has 1 nitrogen and oxygen atoms in total. The molecule has 1 aliphatic rings. The maximum Gasteiger partial charge on any atom is 0.0348 e. The van der Waals surface area contributed by atoms with Crippen LogP contribution >= 0.6 is 0 Å². The van der Waals surface area contributed by atoms with Crippen molar-refractivity contribution in [3.8, 4) is 0 Å². The van der Waals surface area contributed by atoms with Crippen molar-refractivity contribution in [2.75, 3.05) is 5.75 Å². The second-order valence-electron chi connectivity index (χ2n) is 6.17. The Morgan fingerprint density at radius 3 is 1.89 bits per heavy atom. The van der Waals surface area contributed by atoms with Crippen LogP contribution < -0.4 is 0 Å². The van der Waals surface area contributed by atoms with Crippen molar-refractivity contribution >= 4 is 10.8 Å². The molecule has 0 aromatic rings. The SMILES string of the molecule is CCCCCCCCCCCS(=O)C1CCCCC1. The Balaban J connectivity index is 1.86. The van der Waals surface area contributed by atoms with E-state index in [4.69, 9.17) is 0 Å². The first kappa shape index (κ1) is 17.2. The molecule has 0 aromatic carbocycles. The molecule has 2 heteroatoms. The standard InChI is InChI=1S/C17H34OS/c1-2-3-4-5-6-7-8-9-13-16-19(18)17-14-11-10-12-15-17/h17H,2-16H2,1H3. The molecule has 0 heterocycles.